The average molecular weight is 274 g/mol. The molecule has 0 aliphatic heterocycles. The van der Waals surface area contributed by atoms with Crippen molar-refractivity contribution in [3.8, 4) is 0 Å². The number of carboxylic acids is 1. The topological polar surface area (TPSA) is 66.6 Å². The van der Waals surface area contributed by atoms with E-state index < -0.39 is 12.0 Å². The average Bonchev–Trinajstić information content (AvgIpc) is 2.75. The molecule has 0 aliphatic carbocycles. The van der Waals surface area contributed by atoms with Gasteiger partial charge in [0.25, 0.3) is 0 Å². The summed E-state index contributed by atoms with van der Waals surface area (Å²) in [5.41, 5.74) is 1.43. The van der Waals surface area contributed by atoms with Gasteiger partial charge in [-0.25, -0.2) is 4.98 Å². The minimum absolute atomic E-state index is 0.244. The van der Waals surface area contributed by atoms with Crippen LogP contribution in [-0.4, -0.2) is 27.0 Å². The third kappa shape index (κ3) is 2.03. The van der Waals surface area contributed by atoms with Gasteiger partial charge in [0.1, 0.15) is 6.04 Å². The van der Waals surface area contributed by atoms with Crippen molar-refractivity contribution in [3.05, 3.63) is 21.9 Å². The van der Waals surface area contributed by atoms with Crippen molar-refractivity contribution >= 4 is 33.9 Å². The number of aliphatic carboxylic acids is 1. The third-order valence-corrected chi connectivity index (χ3v) is 3.68. The van der Waals surface area contributed by atoms with Crippen LogP contribution in [-0.2, 0) is 4.79 Å². The van der Waals surface area contributed by atoms with Crippen LogP contribution in [0.15, 0.2) is 5.38 Å². The summed E-state index contributed by atoms with van der Waals surface area (Å²) in [6, 6.07) is -0.837. The molecule has 2 N–H and O–H groups in total. The second-order valence-corrected chi connectivity index (χ2v) is 4.81. The Labute approximate surface area is 107 Å². The van der Waals surface area contributed by atoms with Crippen molar-refractivity contribution < 1.29 is 9.90 Å². The molecule has 1 atom stereocenters. The van der Waals surface area contributed by atoms with E-state index >= 15 is 0 Å². The van der Waals surface area contributed by atoms with Crippen LogP contribution < -0.4 is 5.32 Å². The molecule has 0 radical (unpaired) electrons. The molecule has 0 spiro atoms. The van der Waals surface area contributed by atoms with Gasteiger partial charge in [0.2, 0.25) is 0 Å². The lowest BCUT2D eigenvalue weighted by molar-refractivity contribution is -0.139. The Balaban J connectivity index is 2.62. The summed E-state index contributed by atoms with van der Waals surface area (Å²) in [7, 11) is 0. The molecule has 0 saturated heterocycles. The molecule has 0 bridgehead atoms. The third-order valence-electron chi connectivity index (χ3n) is 2.45. The molecule has 92 valence electrons. The Kier molecular flexibility index (Phi) is 3.37. The van der Waals surface area contributed by atoms with Gasteiger partial charge in [-0.05, 0) is 13.5 Å². The van der Waals surface area contributed by atoms with E-state index in [1.807, 2.05) is 19.2 Å². The summed E-state index contributed by atoms with van der Waals surface area (Å²) < 4.78 is 1.79. The molecule has 0 aliphatic rings. The molecular weight excluding hydrogens is 262 g/mol. The van der Waals surface area contributed by atoms with Crippen LogP contribution in [0.2, 0.25) is 5.15 Å². The maximum atomic E-state index is 11.3. The Bertz CT molecular complexity index is 563. The van der Waals surface area contributed by atoms with Gasteiger partial charge in [-0.2, -0.15) is 0 Å². The fourth-order valence-electron chi connectivity index (χ4n) is 1.75. The maximum Gasteiger partial charge on any atom is 0.327 e. The van der Waals surface area contributed by atoms with Crippen molar-refractivity contribution in [3.63, 3.8) is 0 Å². The predicted molar refractivity (Wildman–Crippen MR) is 66.9 cm³/mol. The number of fused-ring (bicyclic) bond motifs is 1. The molecule has 1 unspecified atom stereocenters. The van der Waals surface area contributed by atoms with Crippen LogP contribution in [0.5, 0.6) is 0 Å². The number of rotatable bonds is 4. The van der Waals surface area contributed by atoms with Crippen LogP contribution >= 0.6 is 22.9 Å². The monoisotopic (exact) mass is 273 g/mol. The quantitative estimate of drug-likeness (QED) is 0.895. The SMILES string of the molecule is CCNC(C(=O)O)c1c(Cl)nc2scc(C)n12. The largest absolute Gasteiger partial charge is 0.480 e. The summed E-state index contributed by atoms with van der Waals surface area (Å²) >= 11 is 7.47. The number of carboxylic acid groups (broad SMARTS) is 1. The van der Waals surface area contributed by atoms with Gasteiger partial charge < -0.3 is 5.11 Å². The molecule has 7 heteroatoms. The molecule has 17 heavy (non-hydrogen) atoms. The first-order chi connectivity index (χ1) is 8.06. The normalized spacial score (nSPS) is 13.1. The van der Waals surface area contributed by atoms with Crippen LogP contribution in [0.4, 0.5) is 0 Å². The predicted octanol–water partition coefficient (Wildman–Crippen LogP) is 2.09. The van der Waals surface area contributed by atoms with Gasteiger partial charge in [0, 0.05) is 11.1 Å². The van der Waals surface area contributed by atoms with Crippen LogP contribution in [0.1, 0.15) is 24.4 Å². The van der Waals surface area contributed by atoms with Crippen molar-refractivity contribution in [2.75, 3.05) is 6.54 Å². The lowest BCUT2D eigenvalue weighted by Gasteiger charge is -2.13. The van der Waals surface area contributed by atoms with Gasteiger partial charge in [0.15, 0.2) is 10.1 Å². The molecule has 5 nitrogen and oxygen atoms in total. The second-order valence-electron chi connectivity index (χ2n) is 3.61. The van der Waals surface area contributed by atoms with E-state index in [0.29, 0.717) is 17.2 Å². The number of hydrogen-bond acceptors (Lipinski definition) is 4. The minimum atomic E-state index is -0.957. The van der Waals surface area contributed by atoms with Crippen LogP contribution in [0.25, 0.3) is 4.96 Å². The van der Waals surface area contributed by atoms with Crippen molar-refractivity contribution in [2.45, 2.75) is 19.9 Å². The van der Waals surface area contributed by atoms with E-state index in [0.717, 1.165) is 5.69 Å². The van der Waals surface area contributed by atoms with Gasteiger partial charge in [-0.1, -0.05) is 18.5 Å². The number of aromatic nitrogens is 2. The molecule has 0 saturated carbocycles. The van der Waals surface area contributed by atoms with Gasteiger partial charge in [-0.3, -0.25) is 14.5 Å². The van der Waals surface area contributed by atoms with Crippen molar-refractivity contribution in [1.82, 2.24) is 14.7 Å². The Morgan fingerprint density at radius 2 is 2.47 bits per heavy atom. The number of nitrogens with one attached hydrogen (secondary N) is 1. The fourth-order valence-corrected chi connectivity index (χ4v) is 2.95. The fraction of sp³-hybridized carbons (Fsp3) is 0.400. The van der Waals surface area contributed by atoms with E-state index in [1.165, 1.54) is 11.3 Å². The van der Waals surface area contributed by atoms with Crippen molar-refractivity contribution in [1.29, 1.82) is 0 Å². The summed E-state index contributed by atoms with van der Waals surface area (Å²) in [6.07, 6.45) is 0. The number of hydrogen-bond donors (Lipinski definition) is 2. The first-order valence-corrected chi connectivity index (χ1v) is 6.40. The first-order valence-electron chi connectivity index (χ1n) is 5.14. The highest BCUT2D eigenvalue weighted by Gasteiger charge is 2.27. The smallest absolute Gasteiger partial charge is 0.327 e. The van der Waals surface area contributed by atoms with Crippen LogP contribution in [0, 0.1) is 6.92 Å². The molecule has 2 aromatic heterocycles. The Hall–Kier alpha value is -1.11. The van der Waals surface area contributed by atoms with E-state index in [2.05, 4.69) is 10.3 Å². The maximum absolute atomic E-state index is 11.3. The summed E-state index contributed by atoms with van der Waals surface area (Å²) in [6.45, 7) is 4.29. The molecule has 0 fully saturated rings. The zero-order chi connectivity index (χ0) is 12.6. The number of nitrogens with zero attached hydrogens (tertiary/aromatic N) is 2. The Morgan fingerprint density at radius 3 is 3.06 bits per heavy atom. The van der Waals surface area contributed by atoms with E-state index in [4.69, 9.17) is 11.6 Å². The van der Waals surface area contributed by atoms with Gasteiger partial charge in [-0.15, -0.1) is 11.3 Å². The van der Waals surface area contributed by atoms with E-state index in [9.17, 15) is 9.90 Å². The van der Waals surface area contributed by atoms with Gasteiger partial charge in [0.05, 0.1) is 5.69 Å². The highest BCUT2D eigenvalue weighted by Crippen LogP contribution is 2.28. The lowest BCUT2D eigenvalue weighted by atomic mass is 10.2. The number of carbonyl (C=O) groups is 1. The van der Waals surface area contributed by atoms with E-state index in [-0.39, 0.29) is 5.15 Å². The molecule has 2 rings (SSSR count). The minimum Gasteiger partial charge on any atom is -0.480 e. The zero-order valence-corrected chi connectivity index (χ0v) is 11.0. The standard InChI is InChI=1S/C10H12ClN3O2S/c1-3-12-6(9(15)16)7-8(11)13-10-14(7)5(2)4-17-10/h4,6,12H,3H2,1-2H3,(H,15,16). The second kappa shape index (κ2) is 4.64. The lowest BCUT2D eigenvalue weighted by Crippen LogP contribution is -2.29. The summed E-state index contributed by atoms with van der Waals surface area (Å²) in [4.78, 5) is 16.1. The molecule has 0 amide bonds. The number of thiazole rings is 1. The molecular formula is C10H12ClN3O2S. The summed E-state index contributed by atoms with van der Waals surface area (Å²) in [5, 5.41) is 14.3. The zero-order valence-electron chi connectivity index (χ0n) is 9.40. The number of halogens is 1. The number of imidazole rings is 1. The number of aryl methyl sites for hydroxylation is 1. The highest BCUT2D eigenvalue weighted by molar-refractivity contribution is 7.15. The van der Waals surface area contributed by atoms with Crippen LogP contribution in [0.3, 0.4) is 0 Å². The van der Waals surface area contributed by atoms with E-state index in [1.54, 1.807) is 4.40 Å². The van der Waals surface area contributed by atoms with Gasteiger partial charge >= 0.3 is 5.97 Å². The summed E-state index contributed by atoms with van der Waals surface area (Å²) in [5.74, 6) is -0.957. The molecule has 2 heterocycles. The molecule has 0 aromatic carbocycles. The highest BCUT2D eigenvalue weighted by atomic mass is 35.5. The van der Waals surface area contributed by atoms with Crippen molar-refractivity contribution in [2.24, 2.45) is 0 Å². The number of likely N-dealkylation sites (N-methyl/N-ethyl adjacent to an activating group) is 1. The molecule has 2 aromatic rings. The first kappa shape index (κ1) is 12.3. The Morgan fingerprint density at radius 1 is 1.76 bits per heavy atom.